The molecule has 0 spiro atoms. The number of hydrogen-bond acceptors (Lipinski definition) is 5. The number of carbonyl (C=O) groups is 2. The normalized spacial score (nSPS) is 13.1. The highest BCUT2D eigenvalue weighted by molar-refractivity contribution is 7.98. The first-order chi connectivity index (χ1) is 14.4. The summed E-state index contributed by atoms with van der Waals surface area (Å²) < 4.78 is 11.1. The number of esters is 1. The van der Waals surface area contributed by atoms with E-state index in [9.17, 15) is 9.59 Å². The van der Waals surface area contributed by atoms with Crippen LogP contribution in [0.25, 0.3) is 0 Å². The molecule has 0 aliphatic heterocycles. The number of ether oxygens (including phenoxy) is 2. The summed E-state index contributed by atoms with van der Waals surface area (Å²) in [6.45, 7) is 5.79. The van der Waals surface area contributed by atoms with E-state index in [1.807, 2.05) is 11.8 Å². The molecular formula is C25H40O4S. The Morgan fingerprint density at radius 3 is 2.27 bits per heavy atom. The lowest BCUT2D eigenvalue weighted by Gasteiger charge is -2.19. The van der Waals surface area contributed by atoms with Gasteiger partial charge in [0, 0.05) is 19.3 Å². The van der Waals surface area contributed by atoms with Gasteiger partial charge in [0.2, 0.25) is 0 Å². The van der Waals surface area contributed by atoms with E-state index in [1.165, 1.54) is 11.1 Å². The predicted molar refractivity (Wildman–Crippen MR) is 126 cm³/mol. The Kier molecular flexibility index (Phi) is 14.6. The van der Waals surface area contributed by atoms with Crippen molar-refractivity contribution >= 4 is 23.5 Å². The van der Waals surface area contributed by atoms with Crippen LogP contribution in [0.5, 0.6) is 0 Å². The smallest absolute Gasteiger partial charge is 0.308 e. The van der Waals surface area contributed by atoms with Gasteiger partial charge in [0.25, 0.3) is 0 Å². The number of carbonyl (C=O) groups excluding carboxylic acids is 2. The molecule has 0 radical (unpaired) electrons. The van der Waals surface area contributed by atoms with Gasteiger partial charge in [0.05, 0.1) is 12.5 Å². The number of ketones is 1. The van der Waals surface area contributed by atoms with E-state index in [4.69, 9.17) is 9.47 Å². The van der Waals surface area contributed by atoms with Crippen LogP contribution in [-0.4, -0.2) is 36.8 Å². The lowest BCUT2D eigenvalue weighted by Crippen LogP contribution is -2.25. The van der Waals surface area contributed by atoms with E-state index in [-0.39, 0.29) is 30.4 Å². The molecule has 4 nitrogen and oxygen atoms in total. The minimum absolute atomic E-state index is 0.0655. The highest BCUT2D eigenvalue weighted by Gasteiger charge is 2.20. The molecule has 1 aromatic rings. The number of Topliss-reactive ketones (excluding diaryl/α,β-unsaturated/α-hetero) is 1. The van der Waals surface area contributed by atoms with Crippen LogP contribution in [0.1, 0.15) is 82.8 Å². The van der Waals surface area contributed by atoms with E-state index in [1.54, 1.807) is 14.0 Å². The highest BCUT2D eigenvalue weighted by atomic mass is 32.2. The van der Waals surface area contributed by atoms with Crippen LogP contribution in [-0.2, 0) is 24.8 Å². The van der Waals surface area contributed by atoms with E-state index in [0.717, 1.165) is 56.5 Å². The van der Waals surface area contributed by atoms with Crippen LogP contribution in [0.2, 0.25) is 0 Å². The zero-order valence-electron chi connectivity index (χ0n) is 19.3. The maximum Gasteiger partial charge on any atom is 0.308 e. The summed E-state index contributed by atoms with van der Waals surface area (Å²) in [5.41, 5.74) is 2.66. The highest BCUT2D eigenvalue weighted by Crippen LogP contribution is 2.18. The van der Waals surface area contributed by atoms with Gasteiger partial charge in [0.15, 0.2) is 0 Å². The topological polar surface area (TPSA) is 52.6 Å². The summed E-state index contributed by atoms with van der Waals surface area (Å²) in [5.74, 6) is 1.96. The first-order valence-corrected chi connectivity index (χ1v) is 12.4. The first kappa shape index (κ1) is 26.7. The van der Waals surface area contributed by atoms with Gasteiger partial charge in [-0.25, -0.2) is 0 Å². The third kappa shape index (κ3) is 13.1. The molecule has 0 aliphatic carbocycles. The number of benzene rings is 1. The van der Waals surface area contributed by atoms with Gasteiger partial charge in [-0.2, -0.15) is 11.8 Å². The van der Waals surface area contributed by atoms with Crippen molar-refractivity contribution in [3.05, 3.63) is 35.4 Å². The lowest BCUT2D eigenvalue weighted by atomic mass is 10.1. The van der Waals surface area contributed by atoms with Gasteiger partial charge >= 0.3 is 5.97 Å². The third-order valence-corrected chi connectivity index (χ3v) is 6.24. The molecule has 0 aromatic heterocycles. The van der Waals surface area contributed by atoms with Gasteiger partial charge in [-0.15, -0.1) is 0 Å². The fourth-order valence-corrected chi connectivity index (χ4v) is 4.30. The molecule has 1 rings (SSSR count). The zero-order valence-corrected chi connectivity index (χ0v) is 20.1. The summed E-state index contributed by atoms with van der Waals surface area (Å²) >= 11 is 1.94. The van der Waals surface area contributed by atoms with Crippen molar-refractivity contribution < 1.29 is 19.1 Å². The molecule has 0 saturated heterocycles. The van der Waals surface area contributed by atoms with E-state index in [2.05, 4.69) is 38.1 Å². The van der Waals surface area contributed by atoms with Crippen molar-refractivity contribution in [3.63, 3.8) is 0 Å². The third-order valence-electron chi connectivity index (χ3n) is 5.12. The second kappa shape index (κ2) is 16.4. The molecule has 0 fully saturated rings. The van der Waals surface area contributed by atoms with Crippen molar-refractivity contribution in [1.82, 2.24) is 0 Å². The molecule has 0 heterocycles. The van der Waals surface area contributed by atoms with Gasteiger partial charge < -0.3 is 9.47 Å². The molecule has 5 heteroatoms. The fourth-order valence-electron chi connectivity index (χ4n) is 3.32. The average molecular weight is 437 g/mol. The van der Waals surface area contributed by atoms with Gasteiger partial charge in [-0.1, -0.05) is 56.0 Å². The van der Waals surface area contributed by atoms with Crippen molar-refractivity contribution in [2.24, 2.45) is 0 Å². The Morgan fingerprint density at radius 1 is 0.967 bits per heavy atom. The van der Waals surface area contributed by atoms with Crippen LogP contribution in [0.3, 0.4) is 0 Å². The van der Waals surface area contributed by atoms with Crippen LogP contribution in [0.15, 0.2) is 24.3 Å². The first-order valence-electron chi connectivity index (χ1n) is 11.3. The summed E-state index contributed by atoms with van der Waals surface area (Å²) in [6, 6.07) is 8.69. The van der Waals surface area contributed by atoms with Crippen molar-refractivity contribution in [1.29, 1.82) is 0 Å². The van der Waals surface area contributed by atoms with E-state index >= 15 is 0 Å². The number of aryl methyl sites for hydroxylation is 1. The SMILES string of the molecule is CCCCCC(CC(C)=O)OC(=O)CC(CCCCSCc1ccc(C)cc1)OC. The monoisotopic (exact) mass is 436 g/mol. The molecule has 30 heavy (non-hydrogen) atoms. The van der Waals surface area contributed by atoms with Crippen LogP contribution in [0.4, 0.5) is 0 Å². The van der Waals surface area contributed by atoms with E-state index < -0.39 is 0 Å². The number of thioether (sulfide) groups is 1. The Hall–Kier alpha value is -1.33. The second-order valence-corrected chi connectivity index (χ2v) is 9.21. The van der Waals surface area contributed by atoms with Crippen molar-refractivity contribution in [2.45, 2.75) is 96.5 Å². The van der Waals surface area contributed by atoms with Crippen LogP contribution >= 0.6 is 11.8 Å². The average Bonchev–Trinajstić information content (AvgIpc) is 2.70. The number of unbranched alkanes of at least 4 members (excludes halogenated alkanes) is 3. The molecule has 170 valence electrons. The number of hydrogen-bond donors (Lipinski definition) is 0. The quantitative estimate of drug-likeness (QED) is 0.213. The molecule has 1 aromatic carbocycles. The molecule has 2 atom stereocenters. The van der Waals surface area contributed by atoms with Crippen molar-refractivity contribution in [2.75, 3.05) is 12.9 Å². The minimum atomic E-state index is -0.294. The Bertz CT molecular complexity index is 600. The minimum Gasteiger partial charge on any atom is -0.462 e. The summed E-state index contributed by atoms with van der Waals surface area (Å²) in [4.78, 5) is 23.8. The molecular weight excluding hydrogens is 396 g/mol. The maximum atomic E-state index is 12.3. The van der Waals surface area contributed by atoms with Crippen molar-refractivity contribution in [3.8, 4) is 0 Å². The fraction of sp³-hybridized carbons (Fsp3) is 0.680. The summed E-state index contributed by atoms with van der Waals surface area (Å²) in [6.07, 6.45) is 7.08. The summed E-state index contributed by atoms with van der Waals surface area (Å²) in [7, 11) is 1.65. The standard InChI is InChI=1S/C25H40O4S/c1-5-6-7-11-24(17-21(3)26)29-25(27)18-23(28-4)10-8-9-16-30-19-22-14-12-20(2)13-15-22/h12-15,23-24H,5-11,16-19H2,1-4H3. The van der Waals surface area contributed by atoms with Gasteiger partial charge in [-0.05, 0) is 50.8 Å². The molecule has 0 saturated carbocycles. The molecule has 0 bridgehead atoms. The lowest BCUT2D eigenvalue weighted by molar-refractivity contribution is -0.153. The predicted octanol–water partition coefficient (Wildman–Crippen LogP) is 6.27. The molecule has 2 unspecified atom stereocenters. The van der Waals surface area contributed by atoms with Crippen LogP contribution < -0.4 is 0 Å². The zero-order chi connectivity index (χ0) is 22.2. The molecule has 0 amide bonds. The number of methoxy groups -OCH3 is 1. The second-order valence-electron chi connectivity index (χ2n) is 8.11. The largest absolute Gasteiger partial charge is 0.462 e. The maximum absolute atomic E-state index is 12.3. The molecule has 0 aliphatic rings. The van der Waals surface area contributed by atoms with Crippen LogP contribution in [0, 0.1) is 6.92 Å². The Labute approximate surface area is 187 Å². The number of rotatable bonds is 17. The molecule has 0 N–H and O–H groups in total. The van der Waals surface area contributed by atoms with Gasteiger partial charge in [-0.3, -0.25) is 9.59 Å². The Balaban J connectivity index is 2.24. The van der Waals surface area contributed by atoms with E-state index in [0.29, 0.717) is 6.42 Å². The Morgan fingerprint density at radius 2 is 1.63 bits per heavy atom. The summed E-state index contributed by atoms with van der Waals surface area (Å²) in [5, 5.41) is 0. The van der Waals surface area contributed by atoms with Gasteiger partial charge in [0.1, 0.15) is 11.9 Å².